The Hall–Kier alpha value is -2.97. The minimum absolute atomic E-state index is 0.0514. The van der Waals surface area contributed by atoms with Gasteiger partial charge in [-0.1, -0.05) is 19.8 Å². The molecule has 1 aliphatic heterocycles. The molecule has 0 unspecified atom stereocenters. The summed E-state index contributed by atoms with van der Waals surface area (Å²) in [6.45, 7) is 2.88. The van der Waals surface area contributed by atoms with Crippen LogP contribution in [0.25, 0.3) is 10.9 Å². The molecule has 1 saturated heterocycles. The quantitative estimate of drug-likeness (QED) is 0.718. The van der Waals surface area contributed by atoms with E-state index in [9.17, 15) is 14.4 Å². The number of aromatic nitrogens is 3. The molecule has 2 aliphatic carbocycles. The van der Waals surface area contributed by atoms with Gasteiger partial charge in [0.15, 0.2) is 5.69 Å². The largest absolute Gasteiger partial charge is 0.364 e. The maximum absolute atomic E-state index is 13.3. The highest BCUT2D eigenvalue weighted by Crippen LogP contribution is 2.48. The first-order chi connectivity index (χ1) is 14.9. The molecule has 2 saturated carbocycles. The number of amides is 3. The Morgan fingerprint density at radius 2 is 2.10 bits per heavy atom. The zero-order chi connectivity index (χ0) is 21.7. The minimum atomic E-state index is -0.649. The van der Waals surface area contributed by atoms with E-state index in [0.717, 1.165) is 19.3 Å². The fraction of sp³-hybridized carbons (Fsp3) is 0.591. The lowest BCUT2D eigenvalue weighted by Crippen LogP contribution is -2.49. The summed E-state index contributed by atoms with van der Waals surface area (Å²) in [6, 6.07) is 1.36. The van der Waals surface area contributed by atoms with Crippen LogP contribution in [0.1, 0.15) is 49.5 Å². The van der Waals surface area contributed by atoms with Crippen molar-refractivity contribution in [3.8, 4) is 0 Å². The van der Waals surface area contributed by atoms with Crippen LogP contribution in [0, 0.1) is 17.8 Å². The molecule has 3 N–H and O–H groups in total. The van der Waals surface area contributed by atoms with Crippen molar-refractivity contribution in [2.45, 2.75) is 57.7 Å². The summed E-state index contributed by atoms with van der Waals surface area (Å²) in [5.74, 6) is 0.704. The summed E-state index contributed by atoms with van der Waals surface area (Å²) >= 11 is 0. The van der Waals surface area contributed by atoms with E-state index in [1.54, 1.807) is 23.4 Å². The zero-order valence-electron chi connectivity index (χ0n) is 17.7. The van der Waals surface area contributed by atoms with Gasteiger partial charge in [-0.3, -0.25) is 24.0 Å². The van der Waals surface area contributed by atoms with Gasteiger partial charge in [-0.15, -0.1) is 0 Å². The van der Waals surface area contributed by atoms with Crippen LogP contribution in [0.3, 0.4) is 0 Å². The Balaban J connectivity index is 1.31. The van der Waals surface area contributed by atoms with E-state index in [4.69, 9.17) is 5.73 Å². The predicted molar refractivity (Wildman–Crippen MR) is 113 cm³/mol. The Labute approximate surface area is 180 Å². The number of pyridine rings is 1. The Bertz CT molecular complexity index is 1050. The second kappa shape index (κ2) is 7.62. The topological polar surface area (TPSA) is 123 Å². The molecule has 0 spiro atoms. The molecule has 3 amide bonds. The lowest BCUT2D eigenvalue weighted by atomic mass is 9.98. The van der Waals surface area contributed by atoms with Crippen LogP contribution in [-0.2, 0) is 16.1 Å². The third-order valence-electron chi connectivity index (χ3n) is 7.34. The van der Waals surface area contributed by atoms with Gasteiger partial charge in [0.1, 0.15) is 12.6 Å². The van der Waals surface area contributed by atoms with Gasteiger partial charge < -0.3 is 16.0 Å². The summed E-state index contributed by atoms with van der Waals surface area (Å²) in [4.78, 5) is 43.8. The molecule has 3 fully saturated rings. The third-order valence-corrected chi connectivity index (χ3v) is 7.34. The van der Waals surface area contributed by atoms with Crippen LogP contribution in [-0.4, -0.2) is 56.0 Å². The number of nitrogens with two attached hydrogens (primary N) is 1. The maximum Gasteiger partial charge on any atom is 0.269 e. The fourth-order valence-electron chi connectivity index (χ4n) is 5.46. The highest BCUT2D eigenvalue weighted by Gasteiger charge is 2.56. The average Bonchev–Trinajstić information content (AvgIpc) is 3.08. The average molecular weight is 425 g/mol. The molecule has 5 atom stereocenters. The molecular formula is C22H28N6O3. The summed E-state index contributed by atoms with van der Waals surface area (Å²) < 4.78 is 1.47. The molecule has 9 heteroatoms. The third kappa shape index (κ3) is 3.55. The molecule has 2 aromatic rings. The molecule has 164 valence electrons. The van der Waals surface area contributed by atoms with Crippen molar-refractivity contribution < 1.29 is 14.4 Å². The number of hydrogen-bond donors (Lipinski definition) is 2. The van der Waals surface area contributed by atoms with Crippen molar-refractivity contribution in [2.75, 3.05) is 6.54 Å². The second-order valence-corrected chi connectivity index (χ2v) is 9.29. The van der Waals surface area contributed by atoms with Gasteiger partial charge >= 0.3 is 0 Å². The number of fused-ring (bicyclic) bond motifs is 2. The summed E-state index contributed by atoms with van der Waals surface area (Å²) in [6.07, 6.45) is 8.39. The van der Waals surface area contributed by atoms with Gasteiger partial charge in [0.05, 0.1) is 11.7 Å². The van der Waals surface area contributed by atoms with Crippen molar-refractivity contribution in [3.63, 3.8) is 0 Å². The molecule has 3 aliphatic rings. The summed E-state index contributed by atoms with van der Waals surface area (Å²) in [5.41, 5.74) is 6.15. The second-order valence-electron chi connectivity index (χ2n) is 9.29. The number of rotatable bonds is 6. The van der Waals surface area contributed by atoms with Crippen LogP contribution in [0.15, 0.2) is 18.5 Å². The van der Waals surface area contributed by atoms with E-state index in [1.165, 1.54) is 17.5 Å². The number of piperidine rings is 1. The molecule has 0 bridgehead atoms. The van der Waals surface area contributed by atoms with Gasteiger partial charge in [-0.05, 0) is 43.1 Å². The van der Waals surface area contributed by atoms with Crippen molar-refractivity contribution >= 4 is 28.6 Å². The van der Waals surface area contributed by atoms with Crippen molar-refractivity contribution in [2.24, 2.45) is 23.5 Å². The summed E-state index contributed by atoms with van der Waals surface area (Å²) in [5, 5.41) is 7.94. The first kappa shape index (κ1) is 20.0. The van der Waals surface area contributed by atoms with Crippen LogP contribution in [0.2, 0.25) is 0 Å². The van der Waals surface area contributed by atoms with Gasteiger partial charge in [0, 0.05) is 24.2 Å². The predicted octanol–water partition coefficient (Wildman–Crippen LogP) is 1.07. The highest BCUT2D eigenvalue weighted by molar-refractivity contribution is 6.04. The van der Waals surface area contributed by atoms with E-state index >= 15 is 0 Å². The molecule has 31 heavy (non-hydrogen) atoms. The highest BCUT2D eigenvalue weighted by atomic mass is 16.2. The van der Waals surface area contributed by atoms with Crippen LogP contribution >= 0.6 is 0 Å². The lowest BCUT2D eigenvalue weighted by Gasteiger charge is -2.27. The number of primary amides is 1. The van der Waals surface area contributed by atoms with Crippen molar-refractivity contribution in [3.05, 3.63) is 24.2 Å². The number of nitrogens with one attached hydrogen (secondary N) is 1. The number of hydrogen-bond acceptors (Lipinski definition) is 5. The number of likely N-dealkylation sites (tertiary alicyclic amines) is 1. The van der Waals surface area contributed by atoms with Crippen molar-refractivity contribution in [1.82, 2.24) is 25.0 Å². The zero-order valence-corrected chi connectivity index (χ0v) is 17.7. The smallest absolute Gasteiger partial charge is 0.269 e. The fourth-order valence-corrected chi connectivity index (χ4v) is 5.46. The van der Waals surface area contributed by atoms with E-state index in [1.807, 2.05) is 0 Å². The number of carbonyl (C=O) groups excluding carboxylic acids is 3. The van der Waals surface area contributed by atoms with E-state index < -0.39 is 11.9 Å². The number of nitrogens with zero attached hydrogens (tertiary/aromatic N) is 4. The molecule has 0 aromatic carbocycles. The molecule has 9 nitrogen and oxygen atoms in total. The van der Waals surface area contributed by atoms with E-state index in [0.29, 0.717) is 35.2 Å². The Kier molecular flexibility index (Phi) is 4.91. The standard InChI is InChI=1S/C22H28N6O3/c1-12-3-2-4-13(12)9-25-22(31)17-8-14-7-16(14)28(17)19(29)11-27-18-10-24-6-5-15(18)20(26-27)21(23)30/h5-6,10,12-14,16-17H,2-4,7-9,11H2,1H3,(H2,23,30)(H,25,31)/t12-,13+,14-,16-,17+/m1/s1. The molecule has 5 rings (SSSR count). The Morgan fingerprint density at radius 3 is 2.84 bits per heavy atom. The van der Waals surface area contributed by atoms with Gasteiger partial charge in [-0.25, -0.2) is 0 Å². The number of carbonyl (C=O) groups is 3. The van der Waals surface area contributed by atoms with E-state index in [2.05, 4.69) is 22.3 Å². The SMILES string of the molecule is C[C@@H]1CCC[C@H]1CNC(=O)[C@@H]1C[C@H]2C[C@H]2N1C(=O)Cn1nc(C(N)=O)c2ccncc21. The lowest BCUT2D eigenvalue weighted by molar-refractivity contribution is -0.140. The van der Waals surface area contributed by atoms with Gasteiger partial charge in [-0.2, -0.15) is 5.10 Å². The molecule has 0 radical (unpaired) electrons. The molecule has 3 heterocycles. The Morgan fingerprint density at radius 1 is 1.26 bits per heavy atom. The first-order valence-electron chi connectivity index (χ1n) is 11.1. The van der Waals surface area contributed by atoms with Crippen LogP contribution in [0.5, 0.6) is 0 Å². The normalized spacial score (nSPS) is 29.2. The minimum Gasteiger partial charge on any atom is -0.364 e. The maximum atomic E-state index is 13.3. The van der Waals surface area contributed by atoms with Gasteiger partial charge in [0.2, 0.25) is 11.8 Å². The molecule has 2 aromatic heterocycles. The molecular weight excluding hydrogens is 396 g/mol. The summed E-state index contributed by atoms with van der Waals surface area (Å²) in [7, 11) is 0. The van der Waals surface area contributed by atoms with Crippen molar-refractivity contribution in [1.29, 1.82) is 0 Å². The van der Waals surface area contributed by atoms with Gasteiger partial charge in [0.25, 0.3) is 5.91 Å². The first-order valence-corrected chi connectivity index (χ1v) is 11.1. The van der Waals surface area contributed by atoms with Crippen LogP contribution < -0.4 is 11.1 Å². The van der Waals surface area contributed by atoms with E-state index in [-0.39, 0.29) is 30.1 Å². The monoisotopic (exact) mass is 424 g/mol. The van der Waals surface area contributed by atoms with Crippen LogP contribution in [0.4, 0.5) is 0 Å².